The van der Waals surface area contributed by atoms with Crippen LogP contribution in [0.5, 0.6) is 0 Å². The van der Waals surface area contributed by atoms with E-state index in [4.69, 9.17) is 5.73 Å². The van der Waals surface area contributed by atoms with E-state index in [0.717, 1.165) is 17.0 Å². The van der Waals surface area contributed by atoms with Crippen molar-refractivity contribution in [1.82, 2.24) is 10.3 Å². The van der Waals surface area contributed by atoms with Crippen LogP contribution in [-0.4, -0.2) is 10.9 Å². The van der Waals surface area contributed by atoms with Crippen molar-refractivity contribution in [2.45, 2.75) is 26.3 Å². The summed E-state index contributed by atoms with van der Waals surface area (Å²) in [5.74, 6) is -0.00183. The lowest BCUT2D eigenvalue weighted by Gasteiger charge is -2.03. The van der Waals surface area contributed by atoms with E-state index in [1.54, 1.807) is 23.5 Å². The van der Waals surface area contributed by atoms with E-state index >= 15 is 0 Å². The highest BCUT2D eigenvalue weighted by atomic mass is 32.1. The molecule has 1 aromatic carbocycles. The summed E-state index contributed by atoms with van der Waals surface area (Å²) in [6, 6.07) is 7.34. The highest BCUT2D eigenvalue weighted by molar-refractivity contribution is 7.11. The van der Waals surface area contributed by atoms with Crippen LogP contribution < -0.4 is 11.1 Å². The predicted molar refractivity (Wildman–Crippen MR) is 77.9 cm³/mol. The maximum Gasteiger partial charge on any atom is 0.224 e. The highest BCUT2D eigenvalue weighted by Crippen LogP contribution is 2.13. The quantitative estimate of drug-likeness (QED) is 0.822. The number of nitrogen functional groups attached to an aromatic ring is 1. The molecule has 3 N–H and O–H groups in total. The molecule has 19 heavy (non-hydrogen) atoms. The Labute approximate surface area is 116 Å². The second-order valence-electron chi connectivity index (χ2n) is 4.27. The molecule has 0 unspecified atom stereocenters. The Hall–Kier alpha value is -1.88. The topological polar surface area (TPSA) is 68.0 Å². The zero-order chi connectivity index (χ0) is 13.7. The lowest BCUT2D eigenvalue weighted by molar-refractivity contribution is -0.120. The molecule has 0 atom stereocenters. The second kappa shape index (κ2) is 6.33. The van der Waals surface area contributed by atoms with E-state index in [2.05, 4.69) is 17.2 Å². The monoisotopic (exact) mass is 275 g/mol. The molecule has 0 saturated heterocycles. The van der Waals surface area contributed by atoms with Crippen molar-refractivity contribution in [2.24, 2.45) is 0 Å². The summed E-state index contributed by atoms with van der Waals surface area (Å²) >= 11 is 1.64. The zero-order valence-corrected chi connectivity index (χ0v) is 11.7. The number of hydrogen-bond acceptors (Lipinski definition) is 4. The smallest absolute Gasteiger partial charge is 0.224 e. The lowest BCUT2D eigenvalue weighted by Crippen LogP contribution is -2.24. The number of nitrogens with two attached hydrogens (primary N) is 1. The molecule has 1 heterocycles. The molecule has 2 rings (SSSR count). The van der Waals surface area contributed by atoms with E-state index < -0.39 is 0 Å². The average Bonchev–Trinajstić information content (AvgIpc) is 2.87. The summed E-state index contributed by atoms with van der Waals surface area (Å²) in [5.41, 5.74) is 7.27. The zero-order valence-electron chi connectivity index (χ0n) is 10.8. The maximum absolute atomic E-state index is 11.8. The van der Waals surface area contributed by atoms with E-state index in [-0.39, 0.29) is 5.91 Å². The fraction of sp³-hybridized carbons (Fsp3) is 0.286. The van der Waals surface area contributed by atoms with Crippen LogP contribution in [0.4, 0.5) is 5.69 Å². The van der Waals surface area contributed by atoms with Crippen LogP contribution in [-0.2, 0) is 24.2 Å². The molecule has 0 saturated carbocycles. The third-order valence-electron chi connectivity index (χ3n) is 2.73. The summed E-state index contributed by atoms with van der Waals surface area (Å²) in [7, 11) is 0. The third-order valence-corrected chi connectivity index (χ3v) is 3.87. The molecular weight excluding hydrogens is 258 g/mol. The SMILES string of the molecule is CCc1cnc(CNC(=O)Cc2ccc(N)cc2)s1. The van der Waals surface area contributed by atoms with Crippen molar-refractivity contribution in [3.63, 3.8) is 0 Å². The molecule has 0 aliphatic rings. The molecular formula is C14H17N3OS. The minimum Gasteiger partial charge on any atom is -0.399 e. The fourth-order valence-electron chi connectivity index (χ4n) is 1.65. The molecule has 5 heteroatoms. The Morgan fingerprint density at radius 1 is 1.37 bits per heavy atom. The minimum absolute atomic E-state index is 0.00183. The molecule has 0 fully saturated rings. The summed E-state index contributed by atoms with van der Waals surface area (Å²) in [6.07, 6.45) is 3.22. The Morgan fingerprint density at radius 3 is 2.74 bits per heavy atom. The standard InChI is InChI=1S/C14H17N3OS/c1-2-12-8-17-14(19-12)9-16-13(18)7-10-3-5-11(15)6-4-10/h3-6,8H,2,7,9,15H2,1H3,(H,16,18). The fourth-order valence-corrected chi connectivity index (χ4v) is 2.45. The molecule has 2 aromatic rings. The summed E-state index contributed by atoms with van der Waals surface area (Å²) in [6.45, 7) is 2.59. The number of nitrogens with zero attached hydrogens (tertiary/aromatic N) is 1. The summed E-state index contributed by atoms with van der Waals surface area (Å²) < 4.78 is 0. The van der Waals surface area contributed by atoms with Crippen molar-refractivity contribution >= 4 is 22.9 Å². The van der Waals surface area contributed by atoms with Crippen molar-refractivity contribution in [3.05, 3.63) is 45.9 Å². The normalized spacial score (nSPS) is 10.4. The van der Waals surface area contributed by atoms with Crippen LogP contribution in [0.2, 0.25) is 0 Å². The van der Waals surface area contributed by atoms with E-state index in [1.807, 2.05) is 18.3 Å². The van der Waals surface area contributed by atoms with Gasteiger partial charge in [-0.1, -0.05) is 19.1 Å². The van der Waals surface area contributed by atoms with Gasteiger partial charge in [0, 0.05) is 16.8 Å². The van der Waals surface area contributed by atoms with Gasteiger partial charge in [-0.3, -0.25) is 4.79 Å². The first kappa shape index (κ1) is 13.5. The number of aryl methyl sites for hydroxylation is 1. The number of thiazole rings is 1. The summed E-state index contributed by atoms with van der Waals surface area (Å²) in [5, 5.41) is 3.82. The van der Waals surface area contributed by atoms with Crippen molar-refractivity contribution < 1.29 is 4.79 Å². The van der Waals surface area contributed by atoms with Gasteiger partial charge in [0.2, 0.25) is 5.91 Å². The van der Waals surface area contributed by atoms with Crippen LogP contribution >= 0.6 is 11.3 Å². The van der Waals surface area contributed by atoms with E-state index in [1.165, 1.54) is 4.88 Å². The van der Waals surface area contributed by atoms with Gasteiger partial charge in [-0.25, -0.2) is 4.98 Å². The molecule has 0 aliphatic heterocycles. The van der Waals surface area contributed by atoms with Crippen LogP contribution in [0.3, 0.4) is 0 Å². The number of hydrogen-bond donors (Lipinski definition) is 2. The van der Waals surface area contributed by atoms with Crippen LogP contribution in [0.15, 0.2) is 30.5 Å². The van der Waals surface area contributed by atoms with Gasteiger partial charge in [0.1, 0.15) is 5.01 Å². The van der Waals surface area contributed by atoms with Gasteiger partial charge in [0.15, 0.2) is 0 Å². The maximum atomic E-state index is 11.8. The van der Waals surface area contributed by atoms with Gasteiger partial charge in [0.25, 0.3) is 0 Å². The second-order valence-corrected chi connectivity index (χ2v) is 5.47. The van der Waals surface area contributed by atoms with Crippen LogP contribution in [0, 0.1) is 0 Å². The number of rotatable bonds is 5. The molecule has 100 valence electrons. The van der Waals surface area contributed by atoms with Crippen LogP contribution in [0.1, 0.15) is 22.4 Å². The summed E-state index contributed by atoms with van der Waals surface area (Å²) in [4.78, 5) is 17.3. The highest BCUT2D eigenvalue weighted by Gasteiger charge is 2.05. The van der Waals surface area contributed by atoms with Gasteiger partial charge in [-0.05, 0) is 24.1 Å². The van der Waals surface area contributed by atoms with Gasteiger partial charge >= 0.3 is 0 Å². The first-order chi connectivity index (χ1) is 9.17. The van der Waals surface area contributed by atoms with Gasteiger partial charge in [-0.15, -0.1) is 11.3 Å². The molecule has 1 aromatic heterocycles. The molecule has 0 aliphatic carbocycles. The number of nitrogens with one attached hydrogen (secondary N) is 1. The first-order valence-corrected chi connectivity index (χ1v) is 7.03. The molecule has 0 bridgehead atoms. The number of anilines is 1. The van der Waals surface area contributed by atoms with Gasteiger partial charge < -0.3 is 11.1 Å². The molecule has 1 amide bonds. The molecule has 0 radical (unpaired) electrons. The number of carbonyl (C=O) groups is 1. The Bertz CT molecular complexity index is 548. The van der Waals surface area contributed by atoms with E-state index in [9.17, 15) is 4.79 Å². The third kappa shape index (κ3) is 4.06. The largest absolute Gasteiger partial charge is 0.399 e. The molecule has 0 spiro atoms. The van der Waals surface area contributed by atoms with Crippen molar-refractivity contribution in [3.8, 4) is 0 Å². The van der Waals surface area contributed by atoms with Crippen molar-refractivity contribution in [1.29, 1.82) is 0 Å². The van der Waals surface area contributed by atoms with Crippen LogP contribution in [0.25, 0.3) is 0 Å². The Morgan fingerprint density at radius 2 is 2.11 bits per heavy atom. The molecule has 4 nitrogen and oxygen atoms in total. The number of amides is 1. The van der Waals surface area contributed by atoms with E-state index in [0.29, 0.717) is 18.7 Å². The predicted octanol–water partition coefficient (Wildman–Crippen LogP) is 2.15. The number of carbonyl (C=O) groups excluding carboxylic acids is 1. The first-order valence-electron chi connectivity index (χ1n) is 6.22. The average molecular weight is 275 g/mol. The Balaban J connectivity index is 1.82. The van der Waals surface area contributed by atoms with Gasteiger partial charge in [-0.2, -0.15) is 0 Å². The number of aromatic nitrogens is 1. The minimum atomic E-state index is -0.00183. The van der Waals surface area contributed by atoms with Gasteiger partial charge in [0.05, 0.1) is 13.0 Å². The number of benzene rings is 1. The van der Waals surface area contributed by atoms with Crippen molar-refractivity contribution in [2.75, 3.05) is 5.73 Å². The Kier molecular flexibility index (Phi) is 4.52. The lowest BCUT2D eigenvalue weighted by atomic mass is 10.1.